The highest BCUT2D eigenvalue weighted by atomic mass is 16.1. The second-order valence-electron chi connectivity index (χ2n) is 9.40. The Morgan fingerprint density at radius 1 is 0.800 bits per heavy atom. The molecule has 0 amide bonds. The van der Waals surface area contributed by atoms with E-state index in [-0.39, 0.29) is 19.0 Å². The van der Waals surface area contributed by atoms with Crippen LogP contribution < -0.4 is 9.80 Å². The smallest absolute Gasteiger partial charge is 0.159 e. The lowest BCUT2D eigenvalue weighted by Gasteiger charge is -2.25. The summed E-state index contributed by atoms with van der Waals surface area (Å²) in [5.41, 5.74) is 8.76. The predicted molar refractivity (Wildman–Crippen MR) is 152 cm³/mol. The highest BCUT2D eigenvalue weighted by Gasteiger charge is 2.17. The summed E-state index contributed by atoms with van der Waals surface area (Å²) >= 11 is 0. The van der Waals surface area contributed by atoms with Crippen molar-refractivity contribution in [1.29, 1.82) is 0 Å². The van der Waals surface area contributed by atoms with Gasteiger partial charge in [-0.25, -0.2) is 0 Å². The summed E-state index contributed by atoms with van der Waals surface area (Å²) < 4.78 is 0. The molecule has 188 valence electrons. The van der Waals surface area contributed by atoms with E-state index in [9.17, 15) is 9.59 Å². The van der Waals surface area contributed by atoms with Crippen molar-refractivity contribution in [3.05, 3.63) is 95.1 Å². The average molecular weight is 475 g/mol. The predicted octanol–water partition coefficient (Wildman–Crippen LogP) is 7.53. The first-order valence-corrected chi connectivity index (χ1v) is 11.6. The van der Waals surface area contributed by atoms with Gasteiger partial charge in [-0.05, 0) is 65.8 Å². The average Bonchev–Trinajstić information content (AvgIpc) is 3.11. The summed E-state index contributed by atoms with van der Waals surface area (Å²) in [6.07, 6.45) is 0. The molecule has 0 spiro atoms. The molecule has 0 unspecified atom stereocenters. The van der Waals surface area contributed by atoms with Crippen LogP contribution in [0.4, 0.5) is 11.4 Å². The fourth-order valence-electron chi connectivity index (χ4n) is 3.81. The van der Waals surface area contributed by atoms with Crippen molar-refractivity contribution in [3.8, 4) is 0 Å². The fraction of sp³-hybridized carbons (Fsp3) is 0.355. The first-order chi connectivity index (χ1) is 16.0. The largest absolute Gasteiger partial charge is 0.364 e. The van der Waals surface area contributed by atoms with E-state index in [4.69, 9.17) is 0 Å². The van der Waals surface area contributed by atoms with Crippen LogP contribution in [0.15, 0.2) is 84.0 Å². The molecule has 1 aliphatic rings. The summed E-state index contributed by atoms with van der Waals surface area (Å²) in [4.78, 5) is 27.2. The van der Waals surface area contributed by atoms with E-state index in [1.54, 1.807) is 13.8 Å². The summed E-state index contributed by atoms with van der Waals surface area (Å²) in [6, 6.07) is 15.6. The van der Waals surface area contributed by atoms with Gasteiger partial charge in [0.05, 0.1) is 0 Å². The number of ketones is 2. The van der Waals surface area contributed by atoms with Crippen LogP contribution in [0.25, 0.3) is 0 Å². The number of nitrogens with zero attached hydrogens (tertiary/aromatic N) is 2. The fourth-order valence-corrected chi connectivity index (χ4v) is 3.81. The molecule has 0 N–H and O–H groups in total. The molecule has 1 heterocycles. The highest BCUT2D eigenvalue weighted by molar-refractivity contribution is 5.95. The Morgan fingerprint density at radius 2 is 1.26 bits per heavy atom. The van der Waals surface area contributed by atoms with Gasteiger partial charge in [0.25, 0.3) is 0 Å². The van der Waals surface area contributed by atoms with Gasteiger partial charge in [-0.2, -0.15) is 0 Å². The molecule has 0 atom stereocenters. The zero-order valence-electron chi connectivity index (χ0n) is 21.6. The van der Waals surface area contributed by atoms with Crippen LogP contribution >= 0.6 is 0 Å². The minimum Gasteiger partial charge on any atom is -0.364 e. The zero-order valence-corrected chi connectivity index (χ0v) is 21.6. The number of hydrogen-bond donors (Lipinski definition) is 0. The van der Waals surface area contributed by atoms with Crippen molar-refractivity contribution in [1.82, 2.24) is 0 Å². The van der Waals surface area contributed by atoms with Gasteiger partial charge in [0.1, 0.15) is 0 Å². The van der Waals surface area contributed by atoms with Crippen molar-refractivity contribution in [3.63, 3.8) is 0 Å². The molecule has 35 heavy (non-hydrogen) atoms. The third kappa shape index (κ3) is 9.05. The minimum absolute atomic E-state index is 0. The zero-order chi connectivity index (χ0) is 25.4. The molecule has 0 saturated heterocycles. The number of anilines is 2. The Hall–Kier alpha value is -3.40. The Labute approximate surface area is 212 Å². The molecule has 0 bridgehead atoms. The van der Waals surface area contributed by atoms with E-state index in [0.29, 0.717) is 0 Å². The van der Waals surface area contributed by atoms with Crippen LogP contribution in [-0.2, 0) is 0 Å². The van der Waals surface area contributed by atoms with Gasteiger partial charge in [-0.1, -0.05) is 67.1 Å². The number of Topliss-reactive ketones (excluding diaryl/α,β-unsaturated/α-hetero) is 2. The Bertz CT molecular complexity index is 1080. The first-order valence-electron chi connectivity index (χ1n) is 11.6. The molecule has 0 radical (unpaired) electrons. The number of hydrogen-bond acceptors (Lipinski definition) is 4. The number of benzene rings is 2. The highest BCUT2D eigenvalue weighted by Crippen LogP contribution is 2.24. The van der Waals surface area contributed by atoms with Gasteiger partial charge in [0, 0.05) is 48.7 Å². The van der Waals surface area contributed by atoms with Gasteiger partial charge in [-0.3, -0.25) is 9.59 Å². The summed E-state index contributed by atoms with van der Waals surface area (Å²) in [5, 5.41) is 0. The summed E-state index contributed by atoms with van der Waals surface area (Å²) in [6.45, 7) is 22.9. The molecule has 4 heteroatoms. The van der Waals surface area contributed by atoms with Gasteiger partial charge in [0.2, 0.25) is 0 Å². The van der Waals surface area contributed by atoms with E-state index in [1.807, 2.05) is 56.3 Å². The molecule has 0 saturated carbocycles. The van der Waals surface area contributed by atoms with Gasteiger partial charge >= 0.3 is 0 Å². The van der Waals surface area contributed by atoms with Crippen LogP contribution in [0.5, 0.6) is 0 Å². The molecule has 4 nitrogen and oxygen atoms in total. The Balaban J connectivity index is 0.000000342. The second kappa shape index (κ2) is 13.5. The maximum atomic E-state index is 11.4. The molecule has 2 aromatic carbocycles. The maximum Gasteiger partial charge on any atom is 0.159 e. The van der Waals surface area contributed by atoms with Crippen molar-refractivity contribution in [2.75, 3.05) is 36.0 Å². The molecule has 0 aromatic heterocycles. The van der Waals surface area contributed by atoms with Crippen molar-refractivity contribution in [2.45, 2.75) is 49.0 Å². The maximum absolute atomic E-state index is 11.4. The van der Waals surface area contributed by atoms with E-state index < -0.39 is 0 Å². The van der Waals surface area contributed by atoms with Crippen molar-refractivity contribution in [2.24, 2.45) is 0 Å². The topological polar surface area (TPSA) is 40.6 Å². The lowest BCUT2D eigenvalue weighted by atomic mass is 10.1. The van der Waals surface area contributed by atoms with Crippen LogP contribution in [-0.4, -0.2) is 37.7 Å². The molecular weight excluding hydrogens is 432 g/mol. The standard InChI is InChI=1S/C16H21NO.C14H17NO.CH4/c1-12(2)10-17(11-13(3)4)16-8-6-7-15(9-16)14(5)18;1-10-8-15(9-11(10)2)14-6-4-5-13(7-14)12(3)16;/h6-9H,1,3,10-11H2,2,4-5H3;4-7H,8-9H2,1-3H3;1H4. The van der Waals surface area contributed by atoms with Crippen LogP contribution in [0, 0.1) is 0 Å². The van der Waals surface area contributed by atoms with E-state index >= 15 is 0 Å². The van der Waals surface area contributed by atoms with E-state index in [1.165, 1.54) is 11.1 Å². The van der Waals surface area contributed by atoms with E-state index in [0.717, 1.165) is 59.8 Å². The summed E-state index contributed by atoms with van der Waals surface area (Å²) in [5.74, 6) is 0.213. The lowest BCUT2D eigenvalue weighted by molar-refractivity contribution is 0.100. The third-order valence-electron chi connectivity index (χ3n) is 5.74. The Morgan fingerprint density at radius 3 is 1.71 bits per heavy atom. The molecule has 0 aliphatic carbocycles. The molecule has 0 fully saturated rings. The Kier molecular flexibility index (Phi) is 11.4. The minimum atomic E-state index is 0. The molecule has 3 rings (SSSR count). The van der Waals surface area contributed by atoms with Gasteiger partial charge in [0.15, 0.2) is 11.6 Å². The monoisotopic (exact) mass is 474 g/mol. The van der Waals surface area contributed by atoms with Crippen LogP contribution in [0.1, 0.15) is 69.7 Å². The molecule has 2 aromatic rings. The van der Waals surface area contributed by atoms with E-state index in [2.05, 4.69) is 42.9 Å². The third-order valence-corrected chi connectivity index (χ3v) is 5.74. The molecular formula is C31H42N2O2. The normalized spacial score (nSPS) is 12.3. The second-order valence-corrected chi connectivity index (χ2v) is 9.40. The van der Waals surface area contributed by atoms with Crippen LogP contribution in [0.2, 0.25) is 0 Å². The van der Waals surface area contributed by atoms with Crippen LogP contribution in [0.3, 0.4) is 0 Å². The SMILES string of the molecule is C.C=C(C)CN(CC(=C)C)c1cccc(C(C)=O)c1.CC(=O)c1cccc(N2CC(C)=C(C)C2)c1. The van der Waals surface area contributed by atoms with Gasteiger partial charge in [-0.15, -0.1) is 0 Å². The number of carbonyl (C=O) groups excluding carboxylic acids is 2. The first kappa shape index (κ1) is 29.6. The van der Waals surface area contributed by atoms with Gasteiger partial charge < -0.3 is 9.80 Å². The molecule has 1 aliphatic heterocycles. The summed E-state index contributed by atoms with van der Waals surface area (Å²) in [7, 11) is 0. The lowest BCUT2D eigenvalue weighted by Crippen LogP contribution is -2.26. The number of rotatable bonds is 8. The number of carbonyl (C=O) groups is 2. The quantitative estimate of drug-likeness (QED) is 0.293. The van der Waals surface area contributed by atoms with Crippen molar-refractivity contribution < 1.29 is 9.59 Å². The van der Waals surface area contributed by atoms with Crippen molar-refractivity contribution >= 4 is 22.9 Å².